The molecule has 0 atom stereocenters. The molecule has 2 N–H and O–H groups in total. The van der Waals surface area contributed by atoms with Gasteiger partial charge in [0.2, 0.25) is 0 Å². The Bertz CT molecular complexity index is 1140. The molecule has 1 amide bonds. The van der Waals surface area contributed by atoms with Gasteiger partial charge in [-0.3, -0.25) is 9.89 Å². The van der Waals surface area contributed by atoms with Crippen LogP contribution in [0.5, 0.6) is 0 Å². The van der Waals surface area contributed by atoms with E-state index in [4.69, 9.17) is 0 Å². The Morgan fingerprint density at radius 1 is 1.14 bits per heavy atom. The van der Waals surface area contributed by atoms with Gasteiger partial charge in [0, 0.05) is 54.7 Å². The topological polar surface area (TPSA) is 61.0 Å². The third-order valence-electron chi connectivity index (χ3n) is 5.84. The number of hydrogen-bond donors (Lipinski definition) is 2. The average Bonchev–Trinajstić information content (AvgIpc) is 3.30. The summed E-state index contributed by atoms with van der Waals surface area (Å²) in [5.74, 6) is -2.62. The lowest BCUT2D eigenvalue weighted by atomic mass is 10.0. The molecular weight excluding hydrogens is 374 g/mol. The van der Waals surface area contributed by atoms with E-state index in [0.29, 0.717) is 25.2 Å². The van der Waals surface area contributed by atoms with E-state index in [2.05, 4.69) is 22.1 Å². The Morgan fingerprint density at radius 3 is 2.72 bits per heavy atom. The molecule has 2 aromatic carbocycles. The first-order valence-corrected chi connectivity index (χ1v) is 9.63. The number of carbonyl (C=O) groups excluding carboxylic acids is 1. The van der Waals surface area contributed by atoms with Gasteiger partial charge in [-0.15, -0.1) is 0 Å². The van der Waals surface area contributed by atoms with Gasteiger partial charge in [0.05, 0.1) is 11.2 Å². The second-order valence-corrected chi connectivity index (χ2v) is 7.68. The maximum absolute atomic E-state index is 13.4. The molecule has 1 saturated heterocycles. The van der Waals surface area contributed by atoms with Crippen LogP contribution in [0.15, 0.2) is 43.0 Å². The van der Waals surface area contributed by atoms with E-state index in [9.17, 15) is 13.6 Å². The maximum atomic E-state index is 13.4. The highest BCUT2D eigenvalue weighted by atomic mass is 19.3. The Balaban J connectivity index is 1.43. The maximum Gasteiger partial charge on any atom is 0.251 e. The van der Waals surface area contributed by atoms with Crippen LogP contribution in [0.3, 0.4) is 0 Å². The minimum Gasteiger partial charge on any atom is -0.371 e. The predicted molar refractivity (Wildman–Crippen MR) is 107 cm³/mol. The molecule has 0 spiro atoms. The zero-order chi connectivity index (χ0) is 20.2. The number of carbonyl (C=O) groups is 1. The van der Waals surface area contributed by atoms with Gasteiger partial charge in [-0.25, -0.2) is 8.78 Å². The molecule has 0 unspecified atom stereocenters. The number of alkyl halides is 2. The van der Waals surface area contributed by atoms with Crippen molar-refractivity contribution in [2.24, 2.45) is 0 Å². The number of fused-ring (bicyclic) bond motifs is 2. The van der Waals surface area contributed by atoms with Crippen LogP contribution >= 0.6 is 0 Å². The summed E-state index contributed by atoms with van der Waals surface area (Å²) in [4.78, 5) is 13.7. The van der Waals surface area contributed by atoms with E-state index >= 15 is 0 Å². The largest absolute Gasteiger partial charge is 0.371 e. The molecule has 2 aliphatic rings. The summed E-state index contributed by atoms with van der Waals surface area (Å²) >= 11 is 0. The monoisotopic (exact) mass is 394 g/mol. The van der Waals surface area contributed by atoms with Crippen molar-refractivity contribution in [3.8, 4) is 11.3 Å². The fourth-order valence-electron chi connectivity index (χ4n) is 4.09. The fraction of sp³-hybridized carbons (Fsp3) is 0.273. The molecule has 1 aromatic heterocycles. The smallest absolute Gasteiger partial charge is 0.251 e. The average molecular weight is 394 g/mol. The number of benzene rings is 2. The normalized spacial score (nSPS) is 18.0. The van der Waals surface area contributed by atoms with Crippen molar-refractivity contribution in [2.75, 3.05) is 13.1 Å². The summed E-state index contributed by atoms with van der Waals surface area (Å²) in [5.41, 5.74) is 5.93. The third-order valence-corrected chi connectivity index (χ3v) is 5.84. The number of hydrogen-bond acceptors (Lipinski definition) is 3. The van der Waals surface area contributed by atoms with Gasteiger partial charge < -0.3 is 10.2 Å². The number of nitrogens with zero attached hydrogens (tertiary/aromatic N) is 2. The number of halogens is 2. The number of rotatable bonds is 3. The molecule has 0 bridgehead atoms. The van der Waals surface area contributed by atoms with Crippen molar-refractivity contribution in [1.29, 1.82) is 0 Å². The lowest BCUT2D eigenvalue weighted by molar-refractivity contribution is -0.0450. The van der Waals surface area contributed by atoms with Crippen molar-refractivity contribution in [2.45, 2.75) is 25.3 Å². The molecule has 148 valence electrons. The molecule has 2 aliphatic heterocycles. The van der Waals surface area contributed by atoms with Crippen LogP contribution in [0.2, 0.25) is 0 Å². The second kappa shape index (κ2) is 6.40. The summed E-state index contributed by atoms with van der Waals surface area (Å²) in [7, 11) is 0. The first-order chi connectivity index (χ1) is 13.9. The predicted octanol–water partition coefficient (Wildman–Crippen LogP) is 4.18. The van der Waals surface area contributed by atoms with Crippen LogP contribution < -0.4 is 5.32 Å². The first kappa shape index (κ1) is 17.8. The van der Waals surface area contributed by atoms with Crippen molar-refractivity contribution < 1.29 is 13.6 Å². The van der Waals surface area contributed by atoms with Crippen LogP contribution in [0.1, 0.15) is 34.3 Å². The molecule has 1 fully saturated rings. The molecule has 3 heterocycles. The minimum atomic E-state index is -2.57. The summed E-state index contributed by atoms with van der Waals surface area (Å²) < 4.78 is 26.9. The van der Waals surface area contributed by atoms with Gasteiger partial charge in [-0.1, -0.05) is 18.7 Å². The van der Waals surface area contributed by atoms with Gasteiger partial charge >= 0.3 is 0 Å². The molecular formula is C22H20F2N4O. The van der Waals surface area contributed by atoms with Crippen LogP contribution in [0.25, 0.3) is 27.9 Å². The Labute approximate surface area is 166 Å². The third kappa shape index (κ3) is 3.06. The first-order valence-electron chi connectivity index (χ1n) is 9.63. The van der Waals surface area contributed by atoms with Crippen LogP contribution in [0.4, 0.5) is 8.78 Å². The standard InChI is InChI=1S/C22H20F2N4O/c1-13(28-8-6-22(23,24)7-9-28)14-2-5-18-19(11-14)26-27-20(18)15-3-4-17-16(10-15)12-25-21(17)29/h2-5,10-11H,1,6-9,12H2,(H,25,29)(H,26,27). The van der Waals surface area contributed by atoms with E-state index in [1.165, 1.54) is 0 Å². The molecule has 5 rings (SSSR count). The zero-order valence-electron chi connectivity index (χ0n) is 15.8. The second-order valence-electron chi connectivity index (χ2n) is 7.68. The summed E-state index contributed by atoms with van der Waals surface area (Å²) in [5, 5.41) is 11.3. The van der Waals surface area contributed by atoms with Crippen molar-refractivity contribution >= 4 is 22.5 Å². The SMILES string of the molecule is C=C(c1ccc2c(-c3ccc4c(c3)CNC4=O)n[nH]c2c1)N1CCC(F)(F)CC1. The zero-order valence-corrected chi connectivity index (χ0v) is 15.8. The minimum absolute atomic E-state index is 0.0444. The highest BCUT2D eigenvalue weighted by molar-refractivity contribution is 6.00. The number of H-pyrrole nitrogens is 1. The Hall–Kier alpha value is -3.22. The molecule has 0 radical (unpaired) electrons. The van der Waals surface area contributed by atoms with Crippen molar-refractivity contribution in [1.82, 2.24) is 20.4 Å². The Kier molecular flexibility index (Phi) is 3.94. The number of piperidine rings is 1. The van der Waals surface area contributed by atoms with E-state index in [1.807, 2.05) is 41.3 Å². The number of nitrogens with one attached hydrogen (secondary N) is 2. The van der Waals surface area contributed by atoms with E-state index in [0.717, 1.165) is 39.0 Å². The molecule has 0 aliphatic carbocycles. The summed E-state index contributed by atoms with van der Waals surface area (Å²) in [6.45, 7) is 5.26. The fourth-order valence-corrected chi connectivity index (χ4v) is 4.09. The highest BCUT2D eigenvalue weighted by Crippen LogP contribution is 2.34. The van der Waals surface area contributed by atoms with E-state index in [-0.39, 0.29) is 18.7 Å². The number of aromatic amines is 1. The van der Waals surface area contributed by atoms with Gasteiger partial charge in [-0.05, 0) is 35.4 Å². The lowest BCUT2D eigenvalue weighted by Gasteiger charge is -2.34. The summed E-state index contributed by atoms with van der Waals surface area (Å²) in [6.07, 6.45) is -0.281. The summed E-state index contributed by atoms with van der Waals surface area (Å²) in [6, 6.07) is 11.6. The van der Waals surface area contributed by atoms with Crippen molar-refractivity contribution in [3.05, 3.63) is 59.7 Å². The number of amides is 1. The van der Waals surface area contributed by atoms with Gasteiger partial charge in [0.25, 0.3) is 11.8 Å². The quantitative estimate of drug-likeness (QED) is 0.701. The highest BCUT2D eigenvalue weighted by Gasteiger charge is 2.34. The molecule has 7 heteroatoms. The van der Waals surface area contributed by atoms with Gasteiger partial charge in [0.1, 0.15) is 0 Å². The lowest BCUT2D eigenvalue weighted by Crippen LogP contribution is -2.38. The van der Waals surface area contributed by atoms with Crippen LogP contribution in [0, 0.1) is 0 Å². The van der Waals surface area contributed by atoms with Crippen LogP contribution in [-0.2, 0) is 6.54 Å². The Morgan fingerprint density at radius 2 is 1.93 bits per heavy atom. The van der Waals surface area contributed by atoms with E-state index < -0.39 is 5.92 Å². The van der Waals surface area contributed by atoms with Gasteiger partial charge in [0.15, 0.2) is 0 Å². The molecule has 29 heavy (non-hydrogen) atoms. The van der Waals surface area contributed by atoms with Crippen molar-refractivity contribution in [3.63, 3.8) is 0 Å². The number of aromatic nitrogens is 2. The van der Waals surface area contributed by atoms with E-state index in [1.54, 1.807) is 0 Å². The molecule has 5 nitrogen and oxygen atoms in total. The molecule has 3 aromatic rings. The van der Waals surface area contributed by atoms with Crippen LogP contribution in [-0.4, -0.2) is 40.0 Å². The van der Waals surface area contributed by atoms with Gasteiger partial charge in [-0.2, -0.15) is 5.10 Å². The molecule has 0 saturated carbocycles. The number of likely N-dealkylation sites (tertiary alicyclic amines) is 1.